The first-order valence-electron chi connectivity index (χ1n) is 14.3. The fraction of sp³-hybridized carbons (Fsp3) is 0.222. The van der Waals surface area contributed by atoms with Crippen LogP contribution in [0.3, 0.4) is 0 Å². The van der Waals surface area contributed by atoms with E-state index in [9.17, 15) is 0 Å². The Morgan fingerprint density at radius 1 is 0.591 bits per heavy atom. The Labute approximate surface area is 274 Å². The van der Waals surface area contributed by atoms with Gasteiger partial charge in [0.1, 0.15) is 27.6 Å². The molecule has 0 radical (unpaired) electrons. The van der Waals surface area contributed by atoms with Gasteiger partial charge in [0.2, 0.25) is 0 Å². The van der Waals surface area contributed by atoms with E-state index in [0.717, 1.165) is 21.3 Å². The Hall–Kier alpha value is -3.50. The van der Waals surface area contributed by atoms with Gasteiger partial charge in [-0.25, -0.2) is 0 Å². The number of benzene rings is 4. The zero-order valence-electron chi connectivity index (χ0n) is 26.9. The highest BCUT2D eigenvalue weighted by atomic mass is 79.9. The Balaban J connectivity index is 0.000000244. The average Bonchev–Trinajstić information content (AvgIpc) is 3.00. The van der Waals surface area contributed by atoms with E-state index in [0.29, 0.717) is 11.2 Å². The van der Waals surface area contributed by atoms with Crippen molar-refractivity contribution in [2.75, 3.05) is 14.2 Å². The highest BCUT2D eigenvalue weighted by Gasteiger charge is 2.10. The summed E-state index contributed by atoms with van der Waals surface area (Å²) in [6.07, 6.45) is 0. The molecule has 4 aromatic carbocycles. The van der Waals surface area contributed by atoms with E-state index in [4.69, 9.17) is 19.5 Å². The molecule has 4 aromatic rings. The lowest BCUT2D eigenvalue weighted by atomic mass is 9.80. The molecule has 0 fully saturated rings. The van der Waals surface area contributed by atoms with Crippen LogP contribution in [0.25, 0.3) is 11.1 Å². The summed E-state index contributed by atoms with van der Waals surface area (Å²) in [5, 5.41) is 17.4. The summed E-state index contributed by atoms with van der Waals surface area (Å²) in [5.41, 5.74) is 11.8. The lowest BCUT2D eigenvalue weighted by Crippen LogP contribution is -2.29. The molecule has 4 nitrogen and oxygen atoms in total. The van der Waals surface area contributed by atoms with Crippen molar-refractivity contribution in [3.63, 3.8) is 0 Å². The number of halogens is 1. The van der Waals surface area contributed by atoms with Gasteiger partial charge in [-0.05, 0) is 75.0 Å². The summed E-state index contributed by atoms with van der Waals surface area (Å²) in [6.45, 7) is 13.5. The second kappa shape index (κ2) is 17.7. The van der Waals surface area contributed by atoms with Crippen molar-refractivity contribution >= 4 is 44.7 Å². The minimum atomic E-state index is -1.40. The molecule has 0 amide bonds. The van der Waals surface area contributed by atoms with Crippen LogP contribution in [0.2, 0.25) is 39.3 Å². The molecular formula is C36H42BBrO4Si2. The molecule has 0 aromatic heterocycles. The van der Waals surface area contributed by atoms with E-state index in [-0.39, 0.29) is 0 Å². The van der Waals surface area contributed by atoms with Gasteiger partial charge in [-0.3, -0.25) is 0 Å². The van der Waals surface area contributed by atoms with Crippen LogP contribution in [0, 0.1) is 22.9 Å². The molecule has 4 rings (SSSR count). The second-order valence-corrected chi connectivity index (χ2v) is 22.3. The normalized spacial score (nSPS) is 10.2. The zero-order valence-corrected chi connectivity index (χ0v) is 30.5. The van der Waals surface area contributed by atoms with Crippen molar-refractivity contribution in [1.82, 2.24) is 0 Å². The van der Waals surface area contributed by atoms with Crippen LogP contribution in [0.1, 0.15) is 11.1 Å². The Morgan fingerprint density at radius 3 is 1.48 bits per heavy atom. The minimum Gasteiger partial charge on any atom is -0.497 e. The molecule has 0 saturated carbocycles. The van der Waals surface area contributed by atoms with E-state index in [1.54, 1.807) is 38.5 Å². The van der Waals surface area contributed by atoms with Gasteiger partial charge in [0.05, 0.1) is 14.2 Å². The summed E-state index contributed by atoms with van der Waals surface area (Å²) in [5.74, 6) is 8.16. The maximum atomic E-state index is 8.70. The second-order valence-electron chi connectivity index (χ2n) is 11.9. The standard InChI is InChI=1S/C18H20OSi.C11H13BrSi.C7H9BO3/c1-19-17-11-9-16(10-12-17)18-8-6-5-7-15(18)13-14-20(2,3)4;1-13(2,3)9-8-10-6-4-5-7-11(10)12;1-11-7-4-2-6(3-5-7)8(9)10/h5-12H,1-4H3;4-7H,1-3H3;2-5,9-10H,1H3. The first-order chi connectivity index (χ1) is 20.7. The topological polar surface area (TPSA) is 58.9 Å². The maximum Gasteiger partial charge on any atom is 0.488 e. The molecule has 0 heterocycles. The van der Waals surface area contributed by atoms with E-state index in [1.165, 1.54) is 11.1 Å². The van der Waals surface area contributed by atoms with Crippen molar-refractivity contribution in [3.05, 3.63) is 113 Å². The third-order valence-corrected chi connectivity index (χ3v) is 8.20. The number of methoxy groups -OCH3 is 2. The van der Waals surface area contributed by atoms with Gasteiger partial charge in [-0.15, -0.1) is 11.1 Å². The summed E-state index contributed by atoms with van der Waals surface area (Å²) in [4.78, 5) is 0. The van der Waals surface area contributed by atoms with Gasteiger partial charge < -0.3 is 19.5 Å². The summed E-state index contributed by atoms with van der Waals surface area (Å²) < 4.78 is 11.2. The molecule has 2 N–H and O–H groups in total. The number of ether oxygens (including phenoxy) is 2. The molecule has 0 aliphatic rings. The average molecular weight is 686 g/mol. The van der Waals surface area contributed by atoms with Gasteiger partial charge in [-0.2, -0.15) is 0 Å². The summed E-state index contributed by atoms with van der Waals surface area (Å²) in [6, 6.07) is 31.1. The maximum absolute atomic E-state index is 8.70. The van der Waals surface area contributed by atoms with Gasteiger partial charge in [0, 0.05) is 15.6 Å². The van der Waals surface area contributed by atoms with Crippen molar-refractivity contribution in [3.8, 4) is 45.6 Å². The predicted octanol–water partition coefficient (Wildman–Crippen LogP) is 7.64. The van der Waals surface area contributed by atoms with Crippen molar-refractivity contribution in [1.29, 1.82) is 0 Å². The Kier molecular flexibility index (Phi) is 14.8. The van der Waals surface area contributed by atoms with Crippen LogP contribution in [-0.2, 0) is 0 Å². The minimum absolute atomic E-state index is 0.464. The first kappa shape index (κ1) is 36.7. The third-order valence-electron chi connectivity index (χ3n) is 5.76. The van der Waals surface area contributed by atoms with Crippen molar-refractivity contribution in [2.24, 2.45) is 0 Å². The van der Waals surface area contributed by atoms with Crippen molar-refractivity contribution in [2.45, 2.75) is 39.3 Å². The molecular weight excluding hydrogens is 643 g/mol. The zero-order chi connectivity index (χ0) is 32.8. The van der Waals surface area contributed by atoms with Crippen LogP contribution in [0.15, 0.2) is 102 Å². The number of hydrogen-bond acceptors (Lipinski definition) is 4. The molecule has 0 aliphatic heterocycles. The summed E-state index contributed by atoms with van der Waals surface area (Å²) >= 11 is 3.48. The van der Waals surface area contributed by atoms with Crippen molar-refractivity contribution < 1.29 is 19.5 Å². The van der Waals surface area contributed by atoms with Crippen LogP contribution < -0.4 is 14.9 Å². The molecule has 8 heteroatoms. The SMILES string of the molecule is COc1ccc(-c2ccccc2C#C[Si](C)(C)C)cc1.COc1ccc(B(O)O)cc1.C[Si](C)(C)C#Cc1ccccc1Br. The third kappa shape index (κ3) is 13.9. The molecule has 0 spiro atoms. The molecule has 0 saturated heterocycles. The lowest BCUT2D eigenvalue weighted by molar-refractivity contribution is 0.414. The molecule has 228 valence electrons. The van der Waals surface area contributed by atoms with Gasteiger partial charge >= 0.3 is 7.12 Å². The molecule has 44 heavy (non-hydrogen) atoms. The molecule has 0 unspecified atom stereocenters. The fourth-order valence-electron chi connectivity index (χ4n) is 3.46. The fourth-order valence-corrected chi connectivity index (χ4v) is 4.87. The molecule has 0 bridgehead atoms. The molecule has 0 atom stereocenters. The number of hydrogen-bond donors (Lipinski definition) is 2. The smallest absolute Gasteiger partial charge is 0.488 e. The highest BCUT2D eigenvalue weighted by molar-refractivity contribution is 9.10. The summed E-state index contributed by atoms with van der Waals surface area (Å²) in [7, 11) is -0.764. The van der Waals surface area contributed by atoms with Crippen LogP contribution in [-0.4, -0.2) is 47.5 Å². The van der Waals surface area contributed by atoms with Gasteiger partial charge in [0.15, 0.2) is 0 Å². The number of rotatable bonds is 4. The van der Waals surface area contributed by atoms with E-state index in [1.807, 2.05) is 42.5 Å². The predicted molar refractivity (Wildman–Crippen MR) is 196 cm³/mol. The van der Waals surface area contributed by atoms with Crippen LogP contribution >= 0.6 is 15.9 Å². The van der Waals surface area contributed by atoms with Gasteiger partial charge in [-0.1, -0.05) is 106 Å². The lowest BCUT2D eigenvalue weighted by Gasteiger charge is -2.08. The Bertz CT molecular complexity index is 1590. The highest BCUT2D eigenvalue weighted by Crippen LogP contribution is 2.25. The van der Waals surface area contributed by atoms with E-state index < -0.39 is 23.3 Å². The van der Waals surface area contributed by atoms with Crippen LogP contribution in [0.4, 0.5) is 0 Å². The largest absolute Gasteiger partial charge is 0.497 e. The molecule has 0 aliphatic carbocycles. The Morgan fingerprint density at radius 2 is 1.02 bits per heavy atom. The monoisotopic (exact) mass is 684 g/mol. The first-order valence-corrected chi connectivity index (χ1v) is 22.1. The van der Waals surface area contributed by atoms with Gasteiger partial charge in [0.25, 0.3) is 0 Å². The van der Waals surface area contributed by atoms with E-state index >= 15 is 0 Å². The quantitative estimate of drug-likeness (QED) is 0.171. The van der Waals surface area contributed by atoms with Crippen LogP contribution in [0.5, 0.6) is 11.5 Å². The van der Waals surface area contributed by atoms with E-state index in [2.05, 4.69) is 108 Å².